The van der Waals surface area contributed by atoms with Crippen LogP contribution in [-0.2, 0) is 0 Å². The van der Waals surface area contributed by atoms with E-state index in [4.69, 9.17) is 17.3 Å². The third-order valence-electron chi connectivity index (χ3n) is 3.76. The molecule has 0 atom stereocenters. The molecule has 132 valence electrons. The molecule has 3 rings (SSSR count). The van der Waals surface area contributed by atoms with Crippen molar-refractivity contribution in [3.63, 3.8) is 0 Å². The predicted molar refractivity (Wildman–Crippen MR) is 101 cm³/mol. The fraction of sp³-hybridized carbons (Fsp3) is 0.0526. The van der Waals surface area contributed by atoms with E-state index in [1.807, 2.05) is 0 Å². The first-order valence-corrected chi connectivity index (χ1v) is 7.99. The van der Waals surface area contributed by atoms with Gasteiger partial charge in [0.1, 0.15) is 22.3 Å². The summed E-state index contributed by atoms with van der Waals surface area (Å²) in [6.07, 6.45) is 5.00. The molecule has 0 radical (unpaired) electrons. The van der Waals surface area contributed by atoms with Crippen LogP contribution in [0, 0.1) is 11.6 Å². The van der Waals surface area contributed by atoms with E-state index in [1.54, 1.807) is 48.4 Å². The molecule has 26 heavy (non-hydrogen) atoms. The summed E-state index contributed by atoms with van der Waals surface area (Å²) in [5.74, 6) is -2.37. The lowest BCUT2D eigenvalue weighted by Crippen LogP contribution is -2.24. The van der Waals surface area contributed by atoms with Gasteiger partial charge in [0.05, 0.1) is 0 Å². The Hall–Kier alpha value is -3.06. The van der Waals surface area contributed by atoms with Gasteiger partial charge in [0.25, 0.3) is 0 Å². The monoisotopic (exact) mass is 372 g/mol. The fourth-order valence-corrected chi connectivity index (χ4v) is 2.55. The van der Waals surface area contributed by atoms with Gasteiger partial charge in [-0.15, -0.1) is 0 Å². The molecule has 2 aromatic carbocycles. The Morgan fingerprint density at radius 1 is 1.00 bits per heavy atom. The highest BCUT2D eigenvalue weighted by atomic mass is 32.1. The molecule has 1 aliphatic rings. The largest absolute Gasteiger partial charge is 0.508 e. The van der Waals surface area contributed by atoms with Gasteiger partial charge in [-0.2, -0.15) is 0 Å². The number of hydrogen-bond donors (Lipinski definition) is 2. The first-order chi connectivity index (χ1) is 12.3. The van der Waals surface area contributed by atoms with Crippen molar-refractivity contribution >= 4 is 35.2 Å². The van der Waals surface area contributed by atoms with E-state index in [-0.39, 0.29) is 11.3 Å². The maximum Gasteiger partial charge on any atom is 0.187 e. The minimum atomic E-state index is -1.05. The van der Waals surface area contributed by atoms with E-state index >= 15 is 0 Å². The van der Waals surface area contributed by atoms with E-state index in [0.717, 1.165) is 17.7 Å². The lowest BCUT2D eigenvalue weighted by atomic mass is 10.1. The van der Waals surface area contributed by atoms with Crippen LogP contribution in [-0.4, -0.2) is 33.0 Å². The zero-order valence-corrected chi connectivity index (χ0v) is 14.5. The minimum Gasteiger partial charge on any atom is -0.508 e. The molecule has 0 aromatic heterocycles. The quantitative estimate of drug-likeness (QED) is 0.629. The molecule has 7 heteroatoms. The fourth-order valence-electron chi connectivity index (χ4n) is 2.35. The molecule has 0 spiro atoms. The van der Waals surface area contributed by atoms with Crippen molar-refractivity contribution in [2.75, 3.05) is 7.05 Å². The van der Waals surface area contributed by atoms with Gasteiger partial charge in [-0.1, -0.05) is 30.4 Å². The molecule has 2 aromatic rings. The second-order valence-electron chi connectivity index (χ2n) is 5.62. The molecular formula is C19H14F2N2O2S. The number of aromatic hydroxyl groups is 2. The van der Waals surface area contributed by atoms with Gasteiger partial charge in [0.15, 0.2) is 17.4 Å². The van der Waals surface area contributed by atoms with Crippen molar-refractivity contribution in [1.82, 2.24) is 4.90 Å². The molecule has 0 fully saturated rings. The maximum absolute atomic E-state index is 13.5. The van der Waals surface area contributed by atoms with Gasteiger partial charge in [-0.3, -0.25) is 0 Å². The summed E-state index contributed by atoms with van der Waals surface area (Å²) in [5, 5.41) is 18.5. The molecule has 1 heterocycles. The topological polar surface area (TPSA) is 56.1 Å². The van der Waals surface area contributed by atoms with Crippen molar-refractivity contribution in [2.45, 2.75) is 0 Å². The summed E-state index contributed by atoms with van der Waals surface area (Å²) in [4.78, 5) is 6.46. The Labute approximate surface area is 154 Å². The van der Waals surface area contributed by atoms with Crippen molar-refractivity contribution in [3.8, 4) is 11.5 Å². The number of rotatable bonds is 3. The Kier molecular flexibility index (Phi) is 4.81. The summed E-state index contributed by atoms with van der Waals surface area (Å²) in [5.41, 5.74) is 1.46. The zero-order valence-electron chi connectivity index (χ0n) is 13.6. The van der Waals surface area contributed by atoms with E-state index in [2.05, 4.69) is 4.99 Å². The van der Waals surface area contributed by atoms with Gasteiger partial charge in [-0.05, 0) is 47.5 Å². The molecule has 0 unspecified atom stereocenters. The van der Waals surface area contributed by atoms with Crippen LogP contribution in [0.5, 0.6) is 11.5 Å². The predicted octanol–water partition coefficient (Wildman–Crippen LogP) is 4.10. The Balaban J connectivity index is 1.89. The van der Waals surface area contributed by atoms with E-state index < -0.39 is 17.4 Å². The molecule has 0 saturated heterocycles. The first kappa shape index (κ1) is 17.8. The van der Waals surface area contributed by atoms with Gasteiger partial charge >= 0.3 is 0 Å². The molecule has 0 aliphatic carbocycles. The second-order valence-corrected chi connectivity index (χ2v) is 6.01. The molecule has 0 saturated carbocycles. The number of phenols is 2. The minimum absolute atomic E-state index is 0.178. The molecular weight excluding hydrogens is 358 g/mol. The highest BCUT2D eigenvalue weighted by Gasteiger charge is 2.21. The SMILES string of the molecule is CN1C(=S)/C(=C/c2cc(F)c(O)c(F)c2)N=C1/C=C/c1ccc(O)cc1. The van der Waals surface area contributed by atoms with Crippen LogP contribution < -0.4 is 0 Å². The zero-order chi connectivity index (χ0) is 18.8. The third-order valence-corrected chi connectivity index (χ3v) is 4.25. The number of likely N-dealkylation sites (N-methyl/N-ethyl adjacent to an activating group) is 1. The van der Waals surface area contributed by atoms with Crippen LogP contribution in [0.25, 0.3) is 12.2 Å². The Morgan fingerprint density at radius 2 is 1.62 bits per heavy atom. The normalized spacial score (nSPS) is 16.0. The van der Waals surface area contributed by atoms with Crippen molar-refractivity contribution in [2.24, 2.45) is 4.99 Å². The number of halogens is 2. The lowest BCUT2D eigenvalue weighted by molar-refractivity contribution is 0.396. The van der Waals surface area contributed by atoms with Crippen LogP contribution in [0.1, 0.15) is 11.1 Å². The smallest absolute Gasteiger partial charge is 0.187 e. The number of hydrogen-bond acceptors (Lipinski definition) is 4. The molecule has 4 nitrogen and oxygen atoms in total. The van der Waals surface area contributed by atoms with Gasteiger partial charge in [-0.25, -0.2) is 13.8 Å². The van der Waals surface area contributed by atoms with Crippen molar-refractivity contribution < 1.29 is 19.0 Å². The number of thiocarbonyl (C=S) groups is 1. The van der Waals surface area contributed by atoms with Gasteiger partial charge in [0, 0.05) is 7.05 Å². The molecule has 0 bridgehead atoms. The summed E-state index contributed by atoms with van der Waals surface area (Å²) in [6, 6.07) is 8.66. The average molecular weight is 372 g/mol. The summed E-state index contributed by atoms with van der Waals surface area (Å²) in [6.45, 7) is 0. The van der Waals surface area contributed by atoms with Crippen LogP contribution in [0.3, 0.4) is 0 Å². The molecule has 1 aliphatic heterocycles. The molecule has 2 N–H and O–H groups in total. The van der Waals surface area contributed by atoms with Crippen LogP contribution >= 0.6 is 12.2 Å². The lowest BCUT2D eigenvalue weighted by Gasteiger charge is -2.10. The van der Waals surface area contributed by atoms with Gasteiger partial charge in [0.2, 0.25) is 0 Å². The summed E-state index contributed by atoms with van der Waals surface area (Å²) >= 11 is 5.32. The number of nitrogens with zero attached hydrogens (tertiary/aromatic N) is 2. The first-order valence-electron chi connectivity index (χ1n) is 7.59. The van der Waals surface area contributed by atoms with E-state index in [0.29, 0.717) is 16.5 Å². The maximum atomic E-state index is 13.5. The van der Waals surface area contributed by atoms with Gasteiger partial charge < -0.3 is 15.1 Å². The average Bonchev–Trinajstić information content (AvgIpc) is 2.87. The summed E-state index contributed by atoms with van der Waals surface area (Å²) < 4.78 is 26.9. The van der Waals surface area contributed by atoms with Crippen molar-refractivity contribution in [1.29, 1.82) is 0 Å². The van der Waals surface area contributed by atoms with E-state index in [9.17, 15) is 13.9 Å². The number of amidine groups is 1. The number of aliphatic imine (C=N–C) groups is 1. The number of phenolic OH excluding ortho intramolecular Hbond substituents is 2. The van der Waals surface area contributed by atoms with Crippen LogP contribution in [0.2, 0.25) is 0 Å². The summed E-state index contributed by atoms with van der Waals surface area (Å²) in [7, 11) is 1.74. The number of benzene rings is 2. The van der Waals surface area contributed by atoms with Crippen LogP contribution in [0.4, 0.5) is 8.78 Å². The Bertz CT molecular complexity index is 943. The van der Waals surface area contributed by atoms with Crippen LogP contribution in [0.15, 0.2) is 53.2 Å². The second kappa shape index (κ2) is 7.05. The van der Waals surface area contributed by atoms with E-state index in [1.165, 1.54) is 6.08 Å². The van der Waals surface area contributed by atoms with Crippen molar-refractivity contribution in [3.05, 3.63) is 70.9 Å². The Morgan fingerprint density at radius 3 is 2.23 bits per heavy atom. The highest BCUT2D eigenvalue weighted by Crippen LogP contribution is 2.25. The molecule has 0 amide bonds. The highest BCUT2D eigenvalue weighted by molar-refractivity contribution is 7.80. The standard InChI is InChI=1S/C19H14F2N2O2S/c1-23-17(7-4-11-2-5-13(24)6-3-11)22-16(19(23)26)10-12-8-14(20)18(25)15(21)9-12/h2-10,24-25H,1H3/b7-4+,16-10-. The third kappa shape index (κ3) is 3.62.